The van der Waals surface area contributed by atoms with Gasteiger partial charge in [-0.05, 0) is 30.9 Å². The number of nitrogens with two attached hydrogens (primary N) is 1. The molecule has 0 saturated heterocycles. The topological polar surface area (TPSA) is 112 Å². The first kappa shape index (κ1) is 23.7. The van der Waals surface area contributed by atoms with E-state index in [4.69, 9.17) is 5.73 Å². The lowest BCUT2D eigenvalue weighted by atomic mass is 10.1. The number of hydrogen-bond acceptors (Lipinski definition) is 7. The second kappa shape index (κ2) is 8.88. The molecule has 3 aromatic heterocycles. The minimum Gasteiger partial charge on any atom is -0.467 e. The van der Waals surface area contributed by atoms with Gasteiger partial charge in [-0.2, -0.15) is 23.4 Å². The number of carbonyl (C=O) groups excluding carboxylic acids is 1. The normalized spacial score (nSPS) is 13.9. The summed E-state index contributed by atoms with van der Waals surface area (Å²) in [5.74, 6) is -1.09. The van der Waals surface area contributed by atoms with Gasteiger partial charge in [-0.25, -0.2) is 9.37 Å². The fourth-order valence-electron chi connectivity index (χ4n) is 4.02. The van der Waals surface area contributed by atoms with Crippen LogP contribution < -0.4 is 10.5 Å². The lowest BCUT2D eigenvalue weighted by Crippen LogP contribution is -2.33. The molecule has 0 bridgehead atoms. The summed E-state index contributed by atoms with van der Waals surface area (Å²) in [4.78, 5) is 19.2. The van der Waals surface area contributed by atoms with Crippen molar-refractivity contribution in [2.45, 2.75) is 25.6 Å². The van der Waals surface area contributed by atoms with Crippen molar-refractivity contribution in [1.82, 2.24) is 29.9 Å². The van der Waals surface area contributed by atoms with Gasteiger partial charge < -0.3 is 15.4 Å². The molecule has 4 aromatic rings. The number of nitrogens with zero attached hydrogens (tertiary/aromatic N) is 6. The Hall–Kier alpha value is -4.03. The predicted molar refractivity (Wildman–Crippen MR) is 121 cm³/mol. The zero-order valence-corrected chi connectivity index (χ0v) is 19.1. The molecule has 1 saturated carbocycles. The fraction of sp³-hybridized carbons (Fsp3) is 0.348. The van der Waals surface area contributed by atoms with Gasteiger partial charge in [0, 0.05) is 36.5 Å². The SMILES string of the molecule is Cn1ncc2c3cc(C(=O)N(Cc4ccc(OCC(F)(F)F)nn4)CC4CC4)c(F)cc3nc(N)c21. The number of amides is 1. The van der Waals surface area contributed by atoms with Gasteiger partial charge in [0.15, 0.2) is 6.61 Å². The number of nitrogen functional groups attached to an aromatic ring is 1. The molecule has 3 heterocycles. The minimum absolute atomic E-state index is 0.00164. The largest absolute Gasteiger partial charge is 0.467 e. The van der Waals surface area contributed by atoms with Crippen LogP contribution in [-0.2, 0) is 13.6 Å². The number of halogens is 4. The molecule has 5 rings (SSSR count). The molecule has 0 radical (unpaired) electrons. The summed E-state index contributed by atoms with van der Waals surface area (Å²) in [6, 6.07) is 5.30. The van der Waals surface area contributed by atoms with Crippen molar-refractivity contribution in [1.29, 1.82) is 0 Å². The number of aryl methyl sites for hydroxylation is 1. The van der Waals surface area contributed by atoms with Gasteiger partial charge in [-0.1, -0.05) is 0 Å². The van der Waals surface area contributed by atoms with E-state index in [1.807, 2.05) is 0 Å². The summed E-state index contributed by atoms with van der Waals surface area (Å²) in [6.45, 7) is -1.10. The molecule has 1 fully saturated rings. The Labute approximate surface area is 201 Å². The smallest absolute Gasteiger partial charge is 0.422 e. The molecule has 1 amide bonds. The summed E-state index contributed by atoms with van der Waals surface area (Å²) >= 11 is 0. The Morgan fingerprint density at radius 2 is 2.00 bits per heavy atom. The molecule has 2 N–H and O–H groups in total. The summed E-state index contributed by atoms with van der Waals surface area (Å²) < 4.78 is 58.3. The van der Waals surface area contributed by atoms with Crippen LogP contribution in [0, 0.1) is 11.7 Å². The number of carbonyl (C=O) groups is 1. The van der Waals surface area contributed by atoms with Crippen LogP contribution in [0.15, 0.2) is 30.5 Å². The number of anilines is 1. The third-order valence-corrected chi connectivity index (χ3v) is 5.92. The molecule has 13 heteroatoms. The molecule has 0 aliphatic heterocycles. The second-order valence-electron chi connectivity index (χ2n) is 8.77. The standard InChI is InChI=1S/C23H21F4N7O2/c1-33-20-16(8-29-33)14-6-15(17(24)7-18(14)30-21(20)28)22(35)34(9-12-2-3-12)10-13-4-5-19(32-31-13)36-11-23(25,26)27/h4-8,12H,2-3,9-11H2,1H3,(H2,28,30). The van der Waals surface area contributed by atoms with Crippen LogP contribution >= 0.6 is 0 Å². The van der Waals surface area contributed by atoms with E-state index in [9.17, 15) is 18.0 Å². The molecule has 36 heavy (non-hydrogen) atoms. The van der Waals surface area contributed by atoms with Crippen molar-refractivity contribution < 1.29 is 27.1 Å². The van der Waals surface area contributed by atoms with E-state index in [1.165, 1.54) is 29.2 Å². The molecule has 9 nitrogen and oxygen atoms in total. The third-order valence-electron chi connectivity index (χ3n) is 5.92. The zero-order valence-electron chi connectivity index (χ0n) is 19.1. The maximum atomic E-state index is 15.1. The summed E-state index contributed by atoms with van der Waals surface area (Å²) in [6.07, 6.45) is -1.03. The van der Waals surface area contributed by atoms with Gasteiger partial charge >= 0.3 is 6.18 Å². The highest BCUT2D eigenvalue weighted by molar-refractivity contribution is 6.10. The molecule has 1 aliphatic rings. The van der Waals surface area contributed by atoms with E-state index in [0.29, 0.717) is 34.0 Å². The van der Waals surface area contributed by atoms with Crippen molar-refractivity contribution in [3.63, 3.8) is 0 Å². The highest BCUT2D eigenvalue weighted by atomic mass is 19.4. The summed E-state index contributed by atoms with van der Waals surface area (Å²) in [7, 11) is 1.71. The van der Waals surface area contributed by atoms with E-state index >= 15 is 4.39 Å². The van der Waals surface area contributed by atoms with E-state index in [0.717, 1.165) is 12.8 Å². The minimum atomic E-state index is -4.50. The van der Waals surface area contributed by atoms with Crippen LogP contribution in [0.3, 0.4) is 0 Å². The van der Waals surface area contributed by atoms with Crippen LogP contribution in [-0.4, -0.2) is 55.1 Å². The number of aromatic nitrogens is 5. The Morgan fingerprint density at radius 3 is 2.67 bits per heavy atom. The van der Waals surface area contributed by atoms with Gasteiger partial charge in [0.25, 0.3) is 5.91 Å². The van der Waals surface area contributed by atoms with Crippen molar-refractivity contribution in [3.05, 3.63) is 47.5 Å². The zero-order chi connectivity index (χ0) is 25.6. The number of hydrogen-bond donors (Lipinski definition) is 1. The predicted octanol–water partition coefficient (Wildman–Crippen LogP) is 3.63. The molecule has 0 atom stereocenters. The maximum Gasteiger partial charge on any atom is 0.422 e. The van der Waals surface area contributed by atoms with E-state index in [-0.39, 0.29) is 29.7 Å². The summed E-state index contributed by atoms with van der Waals surface area (Å²) in [5, 5.41) is 12.9. The van der Waals surface area contributed by atoms with Crippen molar-refractivity contribution in [2.75, 3.05) is 18.9 Å². The molecular weight excluding hydrogens is 482 g/mol. The van der Waals surface area contributed by atoms with Crippen molar-refractivity contribution in [3.8, 4) is 5.88 Å². The molecule has 188 valence electrons. The lowest BCUT2D eigenvalue weighted by Gasteiger charge is -2.23. The Morgan fingerprint density at radius 1 is 1.22 bits per heavy atom. The highest BCUT2D eigenvalue weighted by Gasteiger charge is 2.30. The first-order chi connectivity index (χ1) is 17.1. The number of alkyl halides is 3. The molecular formula is C23H21F4N7O2. The van der Waals surface area contributed by atoms with Gasteiger partial charge in [0.05, 0.1) is 29.5 Å². The Balaban J connectivity index is 1.44. The quantitative estimate of drug-likeness (QED) is 0.384. The maximum absolute atomic E-state index is 15.1. The number of fused-ring (bicyclic) bond motifs is 3. The monoisotopic (exact) mass is 503 g/mol. The number of rotatable bonds is 7. The van der Waals surface area contributed by atoms with E-state index in [2.05, 4.69) is 25.0 Å². The van der Waals surface area contributed by atoms with Gasteiger partial charge in [-0.15, -0.1) is 5.10 Å². The van der Waals surface area contributed by atoms with Crippen LogP contribution in [0.2, 0.25) is 0 Å². The van der Waals surface area contributed by atoms with Crippen LogP contribution in [0.25, 0.3) is 21.8 Å². The Bertz CT molecular complexity index is 1450. The van der Waals surface area contributed by atoms with Crippen LogP contribution in [0.5, 0.6) is 5.88 Å². The highest BCUT2D eigenvalue weighted by Crippen LogP contribution is 2.33. The average molecular weight is 503 g/mol. The van der Waals surface area contributed by atoms with E-state index in [1.54, 1.807) is 17.9 Å². The molecule has 0 spiro atoms. The molecule has 1 aromatic carbocycles. The first-order valence-electron chi connectivity index (χ1n) is 11.1. The van der Waals surface area contributed by atoms with E-state index < -0.39 is 24.5 Å². The van der Waals surface area contributed by atoms with Gasteiger partial charge in [0.2, 0.25) is 5.88 Å². The number of benzene rings is 1. The third kappa shape index (κ3) is 4.86. The van der Waals surface area contributed by atoms with Gasteiger partial charge in [0.1, 0.15) is 17.2 Å². The fourth-order valence-corrected chi connectivity index (χ4v) is 4.02. The summed E-state index contributed by atoms with van der Waals surface area (Å²) in [5.41, 5.74) is 7.08. The average Bonchev–Trinajstić information content (AvgIpc) is 3.55. The van der Waals surface area contributed by atoms with Crippen LogP contribution in [0.1, 0.15) is 28.9 Å². The van der Waals surface area contributed by atoms with Crippen molar-refractivity contribution >= 4 is 33.5 Å². The first-order valence-corrected chi connectivity index (χ1v) is 11.1. The second-order valence-corrected chi connectivity index (χ2v) is 8.77. The Kier molecular flexibility index (Phi) is 5.85. The van der Waals surface area contributed by atoms with Crippen LogP contribution in [0.4, 0.5) is 23.4 Å². The van der Waals surface area contributed by atoms with Gasteiger partial charge in [-0.3, -0.25) is 9.48 Å². The number of ether oxygens (including phenoxy) is 1. The van der Waals surface area contributed by atoms with Crippen molar-refractivity contribution in [2.24, 2.45) is 13.0 Å². The number of pyridine rings is 1. The molecule has 0 unspecified atom stereocenters. The lowest BCUT2D eigenvalue weighted by molar-refractivity contribution is -0.154. The molecule has 1 aliphatic carbocycles.